The maximum Gasteiger partial charge on any atom is 0.307 e. The summed E-state index contributed by atoms with van der Waals surface area (Å²) in [5.74, 6) is -1.04. The van der Waals surface area contributed by atoms with Crippen molar-refractivity contribution in [2.45, 2.75) is 16.9 Å². The highest BCUT2D eigenvalue weighted by molar-refractivity contribution is 7.89. The van der Waals surface area contributed by atoms with Crippen LogP contribution >= 0.6 is 0 Å². The molecule has 21 heavy (non-hydrogen) atoms. The molecule has 0 amide bonds. The van der Waals surface area contributed by atoms with Gasteiger partial charge in [0.2, 0.25) is 10.0 Å². The lowest BCUT2D eigenvalue weighted by Crippen LogP contribution is -2.56. The molecule has 1 rings (SSSR count). The Balaban J connectivity index is 3.00. The molecule has 0 bridgehead atoms. The lowest BCUT2D eigenvalue weighted by molar-refractivity contribution is -0.136. The summed E-state index contributed by atoms with van der Waals surface area (Å²) >= 11 is 0. The Morgan fingerprint density at radius 2 is 1.52 bits per heavy atom. The molecule has 0 saturated carbocycles. The van der Waals surface area contributed by atoms with Gasteiger partial charge in [0.25, 0.3) is 0 Å². The second-order valence-electron chi connectivity index (χ2n) is 4.57. The summed E-state index contributed by atoms with van der Waals surface area (Å²) in [7, 11) is -4.08. The quantitative estimate of drug-likeness (QED) is 0.384. The van der Waals surface area contributed by atoms with Crippen LogP contribution in [0.25, 0.3) is 0 Å². The number of aliphatic hydroxyl groups is 3. The van der Waals surface area contributed by atoms with E-state index in [9.17, 15) is 13.2 Å². The van der Waals surface area contributed by atoms with Gasteiger partial charge in [0.15, 0.2) is 0 Å². The summed E-state index contributed by atoms with van der Waals surface area (Å²) in [5, 5.41) is 36.0. The molecule has 0 spiro atoms. The Hall–Kier alpha value is -1.52. The second kappa shape index (κ2) is 6.96. The summed E-state index contributed by atoms with van der Waals surface area (Å²) < 4.78 is 26.2. The zero-order chi connectivity index (χ0) is 16.1. The maximum absolute atomic E-state index is 12.1. The summed E-state index contributed by atoms with van der Waals surface area (Å²) in [4.78, 5) is 10.4. The van der Waals surface area contributed by atoms with Crippen molar-refractivity contribution in [2.75, 3.05) is 19.8 Å². The molecule has 0 heterocycles. The molecule has 0 saturated heterocycles. The molecule has 8 nitrogen and oxygen atoms in total. The maximum atomic E-state index is 12.1. The number of sulfonamides is 1. The summed E-state index contributed by atoms with van der Waals surface area (Å²) in [6.07, 6.45) is -0.235. The molecule has 0 aromatic heterocycles. The van der Waals surface area contributed by atoms with Gasteiger partial charge in [0.05, 0.1) is 31.1 Å². The van der Waals surface area contributed by atoms with Crippen molar-refractivity contribution >= 4 is 16.0 Å². The molecular formula is C12H17NO7S. The van der Waals surface area contributed by atoms with E-state index in [1.54, 1.807) is 0 Å². The minimum absolute atomic E-state index is 0.170. The van der Waals surface area contributed by atoms with E-state index in [0.717, 1.165) is 0 Å². The normalized spacial score (nSPS) is 12.3. The molecule has 1 aromatic carbocycles. The van der Waals surface area contributed by atoms with Crippen molar-refractivity contribution in [2.24, 2.45) is 0 Å². The number of carboxylic acids is 1. The molecule has 0 fully saturated rings. The Kier molecular flexibility index (Phi) is 5.81. The van der Waals surface area contributed by atoms with Gasteiger partial charge in [-0.05, 0) is 17.7 Å². The highest BCUT2D eigenvalue weighted by Gasteiger charge is 2.33. The van der Waals surface area contributed by atoms with Crippen molar-refractivity contribution in [3.63, 3.8) is 0 Å². The van der Waals surface area contributed by atoms with Crippen molar-refractivity contribution < 1.29 is 33.6 Å². The van der Waals surface area contributed by atoms with Gasteiger partial charge in [-0.3, -0.25) is 4.79 Å². The molecule has 5 N–H and O–H groups in total. The Bertz CT molecular complexity index is 570. The number of carbonyl (C=O) groups is 1. The monoisotopic (exact) mass is 319 g/mol. The number of benzene rings is 1. The van der Waals surface area contributed by atoms with Gasteiger partial charge in [-0.25, -0.2) is 8.42 Å². The minimum atomic E-state index is -4.08. The standard InChI is InChI=1S/C12H17NO7S/c14-6-12(7-15,8-16)13-21(19,20)10-3-1-9(2-4-10)5-11(17)18/h1-4,13-16H,5-8H2,(H,17,18). The molecule has 0 atom stereocenters. The number of carboxylic acid groups (broad SMARTS) is 1. The van der Waals surface area contributed by atoms with Crippen LogP contribution in [-0.2, 0) is 21.2 Å². The fourth-order valence-electron chi connectivity index (χ4n) is 1.55. The van der Waals surface area contributed by atoms with Gasteiger partial charge in [0, 0.05) is 0 Å². The number of rotatable bonds is 8. The molecule has 0 aliphatic heterocycles. The molecule has 0 aliphatic rings. The van der Waals surface area contributed by atoms with Crippen LogP contribution in [0.4, 0.5) is 0 Å². The van der Waals surface area contributed by atoms with E-state index in [4.69, 9.17) is 20.4 Å². The van der Waals surface area contributed by atoms with Crippen molar-refractivity contribution in [1.82, 2.24) is 4.72 Å². The molecule has 0 unspecified atom stereocenters. The van der Waals surface area contributed by atoms with Crippen LogP contribution in [0.1, 0.15) is 5.56 Å². The van der Waals surface area contributed by atoms with Crippen LogP contribution in [0, 0.1) is 0 Å². The fraction of sp³-hybridized carbons (Fsp3) is 0.417. The second-order valence-corrected chi connectivity index (χ2v) is 6.26. The largest absolute Gasteiger partial charge is 0.481 e. The topological polar surface area (TPSA) is 144 Å². The third-order valence-corrected chi connectivity index (χ3v) is 4.44. The molecule has 0 aliphatic carbocycles. The van der Waals surface area contributed by atoms with E-state index in [2.05, 4.69) is 0 Å². The zero-order valence-corrected chi connectivity index (χ0v) is 11.9. The van der Waals surface area contributed by atoms with E-state index in [1.165, 1.54) is 24.3 Å². The summed E-state index contributed by atoms with van der Waals surface area (Å²) in [5.41, 5.74) is -1.34. The SMILES string of the molecule is O=C(O)Cc1ccc(S(=O)(=O)NC(CO)(CO)CO)cc1. The molecule has 118 valence electrons. The van der Waals surface area contributed by atoms with E-state index in [0.29, 0.717) is 5.56 Å². The summed E-state index contributed by atoms with van der Waals surface area (Å²) in [6, 6.07) is 5.11. The summed E-state index contributed by atoms with van der Waals surface area (Å²) in [6.45, 7) is -2.34. The molecule has 1 aromatic rings. The van der Waals surface area contributed by atoms with Crippen molar-refractivity contribution in [1.29, 1.82) is 0 Å². The third-order valence-electron chi connectivity index (χ3n) is 2.85. The van der Waals surface area contributed by atoms with Crippen molar-refractivity contribution in [3.8, 4) is 0 Å². The average Bonchev–Trinajstić information content (AvgIpc) is 2.45. The highest BCUT2D eigenvalue weighted by Crippen LogP contribution is 2.14. The van der Waals surface area contributed by atoms with Gasteiger partial charge in [-0.15, -0.1) is 0 Å². The highest BCUT2D eigenvalue weighted by atomic mass is 32.2. The molecular weight excluding hydrogens is 302 g/mol. The number of nitrogens with one attached hydrogen (secondary N) is 1. The van der Waals surface area contributed by atoms with Crippen LogP contribution in [-0.4, -0.2) is 60.2 Å². The number of hydrogen-bond acceptors (Lipinski definition) is 6. The fourth-order valence-corrected chi connectivity index (χ4v) is 2.93. The first kappa shape index (κ1) is 17.5. The van der Waals surface area contributed by atoms with E-state index in [-0.39, 0.29) is 11.3 Å². The number of aliphatic carboxylic acids is 1. The molecule has 9 heteroatoms. The number of aliphatic hydroxyl groups excluding tert-OH is 3. The van der Waals surface area contributed by atoms with Gasteiger partial charge in [-0.1, -0.05) is 12.1 Å². The average molecular weight is 319 g/mol. The van der Waals surface area contributed by atoms with Crippen LogP contribution in [0.5, 0.6) is 0 Å². The van der Waals surface area contributed by atoms with E-state index in [1.807, 2.05) is 4.72 Å². The Labute approximate surface area is 121 Å². The predicted molar refractivity (Wildman–Crippen MR) is 72.1 cm³/mol. The van der Waals surface area contributed by atoms with Crippen LogP contribution in [0.15, 0.2) is 29.2 Å². The van der Waals surface area contributed by atoms with Crippen LogP contribution in [0.2, 0.25) is 0 Å². The first-order valence-electron chi connectivity index (χ1n) is 5.96. The van der Waals surface area contributed by atoms with Crippen LogP contribution in [0.3, 0.4) is 0 Å². The van der Waals surface area contributed by atoms with Crippen LogP contribution < -0.4 is 4.72 Å². The minimum Gasteiger partial charge on any atom is -0.481 e. The van der Waals surface area contributed by atoms with Gasteiger partial charge < -0.3 is 20.4 Å². The van der Waals surface area contributed by atoms with Gasteiger partial charge >= 0.3 is 5.97 Å². The van der Waals surface area contributed by atoms with Gasteiger partial charge in [0.1, 0.15) is 5.54 Å². The smallest absolute Gasteiger partial charge is 0.307 e. The zero-order valence-electron chi connectivity index (χ0n) is 11.1. The molecule has 0 radical (unpaired) electrons. The Morgan fingerprint density at radius 3 is 1.90 bits per heavy atom. The predicted octanol–water partition coefficient (Wildman–Crippen LogP) is -1.69. The van der Waals surface area contributed by atoms with Gasteiger partial charge in [-0.2, -0.15) is 4.72 Å². The van der Waals surface area contributed by atoms with E-state index >= 15 is 0 Å². The third kappa shape index (κ3) is 4.48. The lowest BCUT2D eigenvalue weighted by atomic mass is 10.1. The first-order chi connectivity index (χ1) is 9.78. The van der Waals surface area contributed by atoms with Crippen molar-refractivity contribution in [3.05, 3.63) is 29.8 Å². The lowest BCUT2D eigenvalue weighted by Gasteiger charge is -2.28. The van der Waals surface area contributed by atoms with E-state index < -0.39 is 41.4 Å². The Morgan fingerprint density at radius 1 is 1.05 bits per heavy atom. The first-order valence-corrected chi connectivity index (χ1v) is 7.44. The number of hydrogen-bond donors (Lipinski definition) is 5.